The maximum atomic E-state index is 12.8. The lowest BCUT2D eigenvalue weighted by Gasteiger charge is -2.37. The summed E-state index contributed by atoms with van der Waals surface area (Å²) in [6.45, 7) is 4.05. The predicted octanol–water partition coefficient (Wildman–Crippen LogP) is 5.53. The quantitative estimate of drug-likeness (QED) is 0.353. The minimum absolute atomic E-state index is 0.151. The number of benzene rings is 2. The molecule has 43 heavy (non-hydrogen) atoms. The van der Waals surface area contributed by atoms with Gasteiger partial charge in [-0.3, -0.25) is 9.48 Å². The van der Waals surface area contributed by atoms with Crippen LogP contribution >= 0.6 is 34.8 Å². The number of likely N-dealkylation sites (tertiary alicyclic amines) is 1. The number of ether oxygens (including phenoxy) is 1. The van der Waals surface area contributed by atoms with Crippen molar-refractivity contribution in [1.29, 1.82) is 0 Å². The van der Waals surface area contributed by atoms with E-state index in [4.69, 9.17) is 45.6 Å². The van der Waals surface area contributed by atoms with Crippen LogP contribution in [0.1, 0.15) is 36.1 Å². The van der Waals surface area contributed by atoms with E-state index in [0.29, 0.717) is 46.7 Å². The maximum absolute atomic E-state index is 12.8. The molecule has 3 amide bonds. The minimum Gasteiger partial charge on any atom is -0.359 e. The number of rotatable bonds is 6. The molecule has 0 radical (unpaired) electrons. The molecule has 0 saturated carbocycles. The van der Waals surface area contributed by atoms with Gasteiger partial charge in [0.2, 0.25) is 5.91 Å². The fourth-order valence-electron chi connectivity index (χ4n) is 6.42. The zero-order valence-corrected chi connectivity index (χ0v) is 25.7. The Morgan fingerprint density at radius 3 is 2.53 bits per heavy atom. The third-order valence-electron chi connectivity index (χ3n) is 8.45. The lowest BCUT2D eigenvalue weighted by atomic mass is 10.0. The van der Waals surface area contributed by atoms with Gasteiger partial charge in [-0.25, -0.2) is 9.59 Å². The van der Waals surface area contributed by atoms with E-state index in [-0.39, 0.29) is 18.5 Å². The van der Waals surface area contributed by atoms with Crippen molar-refractivity contribution in [3.8, 4) is 11.3 Å². The molecule has 4 heterocycles. The van der Waals surface area contributed by atoms with E-state index in [1.807, 2.05) is 33.8 Å². The molecule has 2 N–H and O–H groups in total. The molecule has 0 atom stereocenters. The second-order valence-corrected chi connectivity index (χ2v) is 12.4. The Kier molecular flexibility index (Phi) is 8.55. The number of hydrogen-bond acceptors (Lipinski definition) is 6. The first-order valence-electron chi connectivity index (χ1n) is 14.3. The molecule has 1 aromatic heterocycles. The molecule has 1 fully saturated rings. The fraction of sp³-hybridized carbons (Fsp3) is 0.400. The maximum Gasteiger partial charge on any atom is 0.419 e. The first-order chi connectivity index (χ1) is 20.7. The molecule has 0 aliphatic carbocycles. The smallest absolute Gasteiger partial charge is 0.359 e. The average Bonchev–Trinajstić information content (AvgIpc) is 3.50. The van der Waals surface area contributed by atoms with E-state index in [0.717, 1.165) is 67.0 Å². The van der Waals surface area contributed by atoms with Gasteiger partial charge in [-0.05, 0) is 61.7 Å². The highest BCUT2D eigenvalue weighted by Crippen LogP contribution is 2.36. The SMILES string of the molecule is NC(=O)OC(=O)N1CCc2c(c(-c3ccc(Cl)c(Cl)c3)nn2CCCN2CCC(N3C(=O)Cc4cc(Cl)ccc43)CC2)C1. The van der Waals surface area contributed by atoms with Crippen LogP contribution in [0.4, 0.5) is 15.3 Å². The van der Waals surface area contributed by atoms with Gasteiger partial charge >= 0.3 is 12.2 Å². The number of hydrogen-bond donors (Lipinski definition) is 1. The monoisotopic (exact) mass is 644 g/mol. The Bertz CT molecular complexity index is 1590. The summed E-state index contributed by atoms with van der Waals surface area (Å²) in [6.07, 6.45) is 1.78. The van der Waals surface area contributed by atoms with Crippen molar-refractivity contribution < 1.29 is 19.1 Å². The van der Waals surface area contributed by atoms with Gasteiger partial charge in [0.25, 0.3) is 0 Å². The van der Waals surface area contributed by atoms with Crippen LogP contribution < -0.4 is 10.6 Å². The van der Waals surface area contributed by atoms with Gasteiger partial charge in [0.15, 0.2) is 0 Å². The van der Waals surface area contributed by atoms with Crippen molar-refractivity contribution >= 4 is 58.6 Å². The molecule has 0 spiro atoms. The number of nitrogens with two attached hydrogens (primary N) is 1. The van der Waals surface area contributed by atoms with Crippen LogP contribution in [0.2, 0.25) is 15.1 Å². The molecule has 226 valence electrons. The zero-order chi connectivity index (χ0) is 30.2. The summed E-state index contributed by atoms with van der Waals surface area (Å²) in [6, 6.07) is 11.2. The third kappa shape index (κ3) is 6.20. The van der Waals surface area contributed by atoms with Crippen LogP contribution in [0, 0.1) is 0 Å². The summed E-state index contributed by atoms with van der Waals surface area (Å²) in [4.78, 5) is 42.3. The van der Waals surface area contributed by atoms with Crippen molar-refractivity contribution in [2.45, 2.75) is 51.2 Å². The normalized spacial score (nSPS) is 17.2. The van der Waals surface area contributed by atoms with Crippen molar-refractivity contribution in [3.63, 3.8) is 0 Å². The summed E-state index contributed by atoms with van der Waals surface area (Å²) in [5.74, 6) is 0.151. The first kappa shape index (κ1) is 29.7. The van der Waals surface area contributed by atoms with Crippen LogP contribution in [-0.4, -0.2) is 69.9 Å². The molecule has 13 heteroatoms. The summed E-state index contributed by atoms with van der Waals surface area (Å²) in [7, 11) is 0. The molecule has 3 aliphatic heterocycles. The lowest BCUT2D eigenvalue weighted by molar-refractivity contribution is -0.118. The van der Waals surface area contributed by atoms with Gasteiger partial charge in [-0.15, -0.1) is 0 Å². The molecule has 0 unspecified atom stereocenters. The second-order valence-electron chi connectivity index (χ2n) is 11.1. The first-order valence-corrected chi connectivity index (χ1v) is 15.4. The summed E-state index contributed by atoms with van der Waals surface area (Å²) in [5, 5.41) is 6.46. The summed E-state index contributed by atoms with van der Waals surface area (Å²) in [5.41, 5.74) is 10.5. The van der Waals surface area contributed by atoms with Gasteiger partial charge in [-0.1, -0.05) is 40.9 Å². The number of fused-ring (bicyclic) bond motifs is 2. The van der Waals surface area contributed by atoms with Gasteiger partial charge in [-0.2, -0.15) is 5.10 Å². The number of nitrogens with zero attached hydrogens (tertiary/aromatic N) is 5. The van der Waals surface area contributed by atoms with Crippen molar-refractivity contribution in [3.05, 3.63) is 68.3 Å². The summed E-state index contributed by atoms with van der Waals surface area (Å²) >= 11 is 18.6. The van der Waals surface area contributed by atoms with E-state index < -0.39 is 12.2 Å². The van der Waals surface area contributed by atoms with E-state index in [9.17, 15) is 14.4 Å². The molecule has 2 aromatic carbocycles. The largest absolute Gasteiger partial charge is 0.419 e. The standard InChI is InChI=1S/C30H31Cl3N6O4/c31-20-3-5-25-19(14-20)16-27(40)39(25)21-6-11-36(12-7-21)9-1-10-38-26-8-13-37(30(42)43-29(34)41)17-22(26)28(35-38)18-2-4-23(32)24(33)15-18/h2-5,14-15,21H,1,6-13,16-17H2,(H2,34,41). The molecule has 0 bridgehead atoms. The number of aromatic nitrogens is 2. The van der Waals surface area contributed by atoms with Crippen molar-refractivity contribution in [2.75, 3.05) is 31.1 Å². The van der Waals surface area contributed by atoms with E-state index in [1.165, 1.54) is 4.90 Å². The van der Waals surface area contributed by atoms with Crippen molar-refractivity contribution in [2.24, 2.45) is 5.73 Å². The number of halogens is 3. The Labute approximate surface area is 264 Å². The van der Waals surface area contributed by atoms with E-state index in [1.54, 1.807) is 12.1 Å². The molecule has 10 nitrogen and oxygen atoms in total. The van der Waals surface area contributed by atoms with Gasteiger partial charge in [0.05, 0.1) is 28.7 Å². The number of amides is 3. The Balaban J connectivity index is 1.11. The number of piperidine rings is 1. The average molecular weight is 646 g/mol. The molecule has 3 aromatic rings. The predicted molar refractivity (Wildman–Crippen MR) is 165 cm³/mol. The Hall–Kier alpha value is -3.31. The molecular weight excluding hydrogens is 615 g/mol. The van der Waals surface area contributed by atoms with E-state index >= 15 is 0 Å². The third-order valence-corrected chi connectivity index (χ3v) is 9.43. The Morgan fingerprint density at radius 1 is 1.00 bits per heavy atom. The highest BCUT2D eigenvalue weighted by Gasteiger charge is 2.35. The fourth-order valence-corrected chi connectivity index (χ4v) is 6.91. The van der Waals surface area contributed by atoms with Crippen LogP contribution in [0.15, 0.2) is 36.4 Å². The number of anilines is 1. The lowest BCUT2D eigenvalue weighted by Crippen LogP contribution is -2.46. The van der Waals surface area contributed by atoms with Crippen LogP contribution in [-0.2, 0) is 35.5 Å². The van der Waals surface area contributed by atoms with E-state index in [2.05, 4.69) is 9.64 Å². The van der Waals surface area contributed by atoms with Crippen LogP contribution in [0.3, 0.4) is 0 Å². The second kappa shape index (κ2) is 12.4. The zero-order valence-electron chi connectivity index (χ0n) is 23.4. The highest BCUT2D eigenvalue weighted by molar-refractivity contribution is 6.42. The minimum atomic E-state index is -1.14. The van der Waals surface area contributed by atoms with Gasteiger partial charge in [0.1, 0.15) is 0 Å². The molecule has 1 saturated heterocycles. The van der Waals surface area contributed by atoms with Crippen LogP contribution in [0.5, 0.6) is 0 Å². The topological polar surface area (TPSA) is 114 Å². The number of carbonyl (C=O) groups is 3. The van der Waals surface area contributed by atoms with Gasteiger partial charge < -0.3 is 25.2 Å². The van der Waals surface area contributed by atoms with Crippen LogP contribution in [0.25, 0.3) is 11.3 Å². The highest BCUT2D eigenvalue weighted by atomic mass is 35.5. The molecule has 3 aliphatic rings. The number of primary amides is 1. The molecular formula is C30H31Cl3N6O4. The van der Waals surface area contributed by atoms with Crippen molar-refractivity contribution in [1.82, 2.24) is 19.6 Å². The number of carbonyl (C=O) groups excluding carboxylic acids is 3. The van der Waals surface area contributed by atoms with Gasteiger partial charge in [0, 0.05) is 66.2 Å². The number of aryl methyl sites for hydroxylation is 1. The molecule has 6 rings (SSSR count). The Morgan fingerprint density at radius 2 is 1.79 bits per heavy atom. The summed E-state index contributed by atoms with van der Waals surface area (Å²) < 4.78 is 6.64.